The molecule has 0 aliphatic carbocycles. The third kappa shape index (κ3) is 3.68. The number of carbonyl (C=O) groups is 2. The Morgan fingerprint density at radius 1 is 1.07 bits per heavy atom. The molecule has 1 amide bonds. The van der Waals surface area contributed by atoms with Crippen LogP contribution in [0.1, 0.15) is 46.3 Å². The third-order valence-electron chi connectivity index (χ3n) is 4.95. The molecule has 0 atom stereocenters. The van der Waals surface area contributed by atoms with E-state index in [-0.39, 0.29) is 16.4 Å². The van der Waals surface area contributed by atoms with Crippen molar-refractivity contribution in [3.05, 3.63) is 47.3 Å². The van der Waals surface area contributed by atoms with Crippen molar-refractivity contribution in [2.45, 2.75) is 31.6 Å². The molecule has 3 rings (SSSR count). The first-order chi connectivity index (χ1) is 12.7. The third-order valence-corrected chi connectivity index (χ3v) is 6.97. The van der Waals surface area contributed by atoms with Crippen LogP contribution in [0, 0.1) is 6.92 Å². The predicted octanol–water partition coefficient (Wildman–Crippen LogP) is 2.57. The van der Waals surface area contributed by atoms with E-state index in [2.05, 4.69) is 5.32 Å². The average Bonchev–Trinajstić information content (AvgIpc) is 3.26. The molecule has 1 aliphatic heterocycles. The van der Waals surface area contributed by atoms with Crippen LogP contribution in [0.5, 0.6) is 0 Å². The highest BCUT2D eigenvalue weighted by molar-refractivity contribution is 7.89. The quantitative estimate of drug-likeness (QED) is 0.796. The van der Waals surface area contributed by atoms with E-state index in [1.807, 2.05) is 0 Å². The topological polar surface area (TPSA) is 88.5 Å². The summed E-state index contributed by atoms with van der Waals surface area (Å²) in [6.07, 6.45) is 1.71. The zero-order valence-electron chi connectivity index (χ0n) is 15.7. The lowest BCUT2D eigenvalue weighted by Crippen LogP contribution is -2.28. The Morgan fingerprint density at radius 2 is 1.67 bits per heavy atom. The maximum absolute atomic E-state index is 12.9. The SMILES string of the molecule is CC(=O)c1ccc(NC(=O)c2cc(S(=O)(=O)N3CCCC3)c(C)n2C)cc1. The monoisotopic (exact) mass is 389 g/mol. The van der Waals surface area contributed by atoms with Crippen molar-refractivity contribution in [3.63, 3.8) is 0 Å². The Morgan fingerprint density at radius 3 is 2.22 bits per heavy atom. The Hall–Kier alpha value is -2.45. The lowest BCUT2D eigenvalue weighted by molar-refractivity contribution is 0.101. The van der Waals surface area contributed by atoms with E-state index in [0.29, 0.717) is 30.0 Å². The summed E-state index contributed by atoms with van der Waals surface area (Å²) >= 11 is 0. The van der Waals surface area contributed by atoms with Crippen molar-refractivity contribution in [2.75, 3.05) is 18.4 Å². The molecule has 1 aromatic carbocycles. The van der Waals surface area contributed by atoms with Gasteiger partial charge in [-0.05, 0) is 57.0 Å². The van der Waals surface area contributed by atoms with E-state index >= 15 is 0 Å². The second-order valence-electron chi connectivity index (χ2n) is 6.74. The van der Waals surface area contributed by atoms with Crippen LogP contribution in [0.3, 0.4) is 0 Å². The summed E-state index contributed by atoms with van der Waals surface area (Å²) in [4.78, 5) is 24.2. The standard InChI is InChI=1S/C19H23N3O4S/c1-13-18(27(25,26)22-10-4-5-11-22)12-17(21(13)3)19(24)20-16-8-6-15(7-9-16)14(2)23/h6-9,12H,4-5,10-11H2,1-3H3,(H,20,24). The molecule has 2 heterocycles. The van der Waals surface area contributed by atoms with Crippen LogP contribution in [0.4, 0.5) is 5.69 Å². The van der Waals surface area contributed by atoms with Gasteiger partial charge in [-0.15, -0.1) is 0 Å². The number of anilines is 1. The number of benzene rings is 1. The fourth-order valence-corrected chi connectivity index (χ4v) is 4.99. The van der Waals surface area contributed by atoms with Gasteiger partial charge in [-0.1, -0.05) is 0 Å². The van der Waals surface area contributed by atoms with Gasteiger partial charge in [-0.3, -0.25) is 9.59 Å². The van der Waals surface area contributed by atoms with Crippen LogP contribution >= 0.6 is 0 Å². The molecule has 27 heavy (non-hydrogen) atoms. The number of hydrogen-bond acceptors (Lipinski definition) is 4. The molecule has 0 radical (unpaired) electrons. The van der Waals surface area contributed by atoms with E-state index in [1.165, 1.54) is 17.3 Å². The first kappa shape index (κ1) is 19.3. The van der Waals surface area contributed by atoms with E-state index in [4.69, 9.17) is 0 Å². The normalized spacial score (nSPS) is 15.1. The maximum Gasteiger partial charge on any atom is 0.272 e. The molecular formula is C19H23N3O4S. The Labute approximate surface area is 159 Å². The minimum Gasteiger partial charge on any atom is -0.343 e. The van der Waals surface area contributed by atoms with Gasteiger partial charge in [0.1, 0.15) is 10.6 Å². The molecule has 2 aromatic rings. The summed E-state index contributed by atoms with van der Waals surface area (Å²) in [5.74, 6) is -0.457. The van der Waals surface area contributed by atoms with Crippen LogP contribution in [0.25, 0.3) is 0 Å². The average molecular weight is 389 g/mol. The molecule has 0 spiro atoms. The van der Waals surface area contributed by atoms with Crippen molar-refractivity contribution in [2.24, 2.45) is 7.05 Å². The van der Waals surface area contributed by atoms with Gasteiger partial charge in [0, 0.05) is 37.1 Å². The van der Waals surface area contributed by atoms with Gasteiger partial charge in [0.05, 0.1) is 0 Å². The molecule has 1 aliphatic rings. The van der Waals surface area contributed by atoms with E-state index in [9.17, 15) is 18.0 Å². The number of amides is 1. The smallest absolute Gasteiger partial charge is 0.272 e. The Balaban J connectivity index is 1.86. The van der Waals surface area contributed by atoms with Gasteiger partial charge < -0.3 is 9.88 Å². The first-order valence-electron chi connectivity index (χ1n) is 8.80. The number of nitrogens with one attached hydrogen (secondary N) is 1. The zero-order chi connectivity index (χ0) is 19.8. The number of Topliss-reactive ketones (excluding diaryl/α,β-unsaturated/α-hetero) is 1. The molecule has 144 valence electrons. The molecule has 1 aromatic heterocycles. The maximum atomic E-state index is 12.9. The summed E-state index contributed by atoms with van der Waals surface area (Å²) in [5, 5.41) is 2.75. The van der Waals surface area contributed by atoms with Crippen molar-refractivity contribution in [1.29, 1.82) is 0 Å². The molecule has 1 fully saturated rings. The Bertz CT molecular complexity index is 985. The highest BCUT2D eigenvalue weighted by Crippen LogP contribution is 2.26. The van der Waals surface area contributed by atoms with Crippen molar-refractivity contribution < 1.29 is 18.0 Å². The van der Waals surface area contributed by atoms with Crippen LogP contribution in [-0.4, -0.2) is 42.1 Å². The van der Waals surface area contributed by atoms with Gasteiger partial charge in [0.25, 0.3) is 5.91 Å². The molecule has 0 bridgehead atoms. The lowest BCUT2D eigenvalue weighted by atomic mass is 10.1. The highest BCUT2D eigenvalue weighted by atomic mass is 32.2. The van der Waals surface area contributed by atoms with Gasteiger partial charge in [0.15, 0.2) is 5.78 Å². The number of ketones is 1. The summed E-state index contributed by atoms with van der Waals surface area (Å²) in [5.41, 5.74) is 1.88. The van der Waals surface area contributed by atoms with Gasteiger partial charge in [-0.2, -0.15) is 4.31 Å². The fourth-order valence-electron chi connectivity index (χ4n) is 3.20. The fraction of sp³-hybridized carbons (Fsp3) is 0.368. The summed E-state index contributed by atoms with van der Waals surface area (Å²) in [6.45, 7) is 4.20. The molecule has 0 unspecified atom stereocenters. The number of carbonyl (C=O) groups excluding carboxylic acids is 2. The van der Waals surface area contributed by atoms with Crippen molar-refractivity contribution in [3.8, 4) is 0 Å². The molecule has 7 nitrogen and oxygen atoms in total. The summed E-state index contributed by atoms with van der Waals surface area (Å²) in [6, 6.07) is 8.00. The lowest BCUT2D eigenvalue weighted by Gasteiger charge is -2.15. The van der Waals surface area contributed by atoms with Crippen LogP contribution in [-0.2, 0) is 17.1 Å². The summed E-state index contributed by atoms with van der Waals surface area (Å²) in [7, 11) is -1.92. The van der Waals surface area contributed by atoms with Crippen LogP contribution in [0.15, 0.2) is 35.2 Å². The Kier molecular flexibility index (Phi) is 5.21. The van der Waals surface area contributed by atoms with E-state index < -0.39 is 15.9 Å². The van der Waals surface area contributed by atoms with Crippen LogP contribution in [0.2, 0.25) is 0 Å². The highest BCUT2D eigenvalue weighted by Gasteiger charge is 2.31. The number of hydrogen-bond donors (Lipinski definition) is 1. The van der Waals surface area contributed by atoms with Gasteiger partial charge in [0.2, 0.25) is 10.0 Å². The van der Waals surface area contributed by atoms with Crippen LogP contribution < -0.4 is 5.32 Å². The largest absolute Gasteiger partial charge is 0.343 e. The summed E-state index contributed by atoms with van der Waals surface area (Å²) < 4.78 is 28.8. The molecule has 1 saturated heterocycles. The van der Waals surface area contributed by atoms with Gasteiger partial charge >= 0.3 is 0 Å². The number of rotatable bonds is 5. The molecular weight excluding hydrogens is 366 g/mol. The second kappa shape index (κ2) is 7.28. The number of sulfonamides is 1. The van der Waals surface area contributed by atoms with Gasteiger partial charge in [-0.25, -0.2) is 8.42 Å². The minimum atomic E-state index is -3.60. The molecule has 0 saturated carbocycles. The van der Waals surface area contributed by atoms with E-state index in [1.54, 1.807) is 42.8 Å². The minimum absolute atomic E-state index is 0.0531. The zero-order valence-corrected chi connectivity index (χ0v) is 16.5. The van der Waals surface area contributed by atoms with E-state index in [0.717, 1.165) is 12.8 Å². The van der Waals surface area contributed by atoms with Crippen molar-refractivity contribution >= 4 is 27.4 Å². The predicted molar refractivity (Wildman–Crippen MR) is 103 cm³/mol. The van der Waals surface area contributed by atoms with Crippen molar-refractivity contribution in [1.82, 2.24) is 8.87 Å². The number of aromatic nitrogens is 1. The molecule has 1 N–H and O–H groups in total. The molecule has 8 heteroatoms. The number of nitrogens with zero attached hydrogens (tertiary/aromatic N) is 2. The first-order valence-corrected chi connectivity index (χ1v) is 10.2. The second-order valence-corrected chi connectivity index (χ2v) is 8.64.